The first-order valence-electron chi connectivity index (χ1n) is 2.48. The van der Waals surface area contributed by atoms with E-state index < -0.39 is 8.25 Å². The SMILES string of the molecule is CC(C)CO[PH](=O)O. The Morgan fingerprint density at radius 2 is 2.25 bits per heavy atom. The van der Waals surface area contributed by atoms with Crippen LogP contribution < -0.4 is 0 Å². The highest BCUT2D eigenvalue weighted by atomic mass is 31.1. The molecule has 0 radical (unpaired) electrons. The minimum absolute atomic E-state index is 0.330. The fourth-order valence-corrected chi connectivity index (χ4v) is 0.714. The minimum Gasteiger partial charge on any atom is -0.326 e. The van der Waals surface area contributed by atoms with E-state index in [0.29, 0.717) is 12.5 Å². The van der Waals surface area contributed by atoms with E-state index in [1.165, 1.54) is 0 Å². The summed E-state index contributed by atoms with van der Waals surface area (Å²) in [6, 6.07) is 0. The van der Waals surface area contributed by atoms with Gasteiger partial charge in [0, 0.05) is 0 Å². The lowest BCUT2D eigenvalue weighted by Crippen LogP contribution is -1.95. The van der Waals surface area contributed by atoms with Gasteiger partial charge in [0.05, 0.1) is 6.61 Å². The smallest absolute Gasteiger partial charge is 0.316 e. The molecule has 1 N–H and O–H groups in total. The molecule has 0 aliphatic carbocycles. The van der Waals surface area contributed by atoms with Crippen molar-refractivity contribution in [2.75, 3.05) is 6.61 Å². The molecule has 0 aliphatic rings. The zero-order valence-electron chi connectivity index (χ0n) is 5.05. The first-order chi connectivity index (χ1) is 3.63. The second-order valence-corrected chi connectivity index (χ2v) is 2.79. The highest BCUT2D eigenvalue weighted by Crippen LogP contribution is 2.15. The molecule has 0 amide bonds. The molecule has 0 aromatic rings. The molecule has 0 saturated heterocycles. The van der Waals surface area contributed by atoms with E-state index in [2.05, 4.69) is 4.52 Å². The lowest BCUT2D eigenvalue weighted by molar-refractivity contribution is 0.248. The summed E-state index contributed by atoms with van der Waals surface area (Å²) in [5.74, 6) is 0.330. The maximum Gasteiger partial charge on any atom is 0.316 e. The Labute approximate surface area is 49.6 Å². The molecule has 0 aliphatic heterocycles. The standard InChI is InChI=1S/C4H11O3P/c1-4(2)3-7-8(5)6/h4,8H,3H2,1-2H3,(H,5,6). The molecule has 1 atom stereocenters. The van der Waals surface area contributed by atoms with Gasteiger partial charge >= 0.3 is 8.25 Å². The van der Waals surface area contributed by atoms with E-state index >= 15 is 0 Å². The van der Waals surface area contributed by atoms with Crippen molar-refractivity contribution in [2.24, 2.45) is 5.92 Å². The molecule has 0 spiro atoms. The number of rotatable bonds is 3. The second kappa shape index (κ2) is 4.07. The Bertz CT molecular complexity index is 81.4. The van der Waals surface area contributed by atoms with E-state index in [1.54, 1.807) is 0 Å². The molecule has 1 unspecified atom stereocenters. The van der Waals surface area contributed by atoms with Crippen LogP contribution in [0.15, 0.2) is 0 Å². The summed E-state index contributed by atoms with van der Waals surface area (Å²) in [6.07, 6.45) is 0. The van der Waals surface area contributed by atoms with E-state index in [0.717, 1.165) is 0 Å². The molecule has 8 heavy (non-hydrogen) atoms. The summed E-state index contributed by atoms with van der Waals surface area (Å²) in [4.78, 5) is 8.13. The van der Waals surface area contributed by atoms with Crippen molar-refractivity contribution >= 4 is 8.25 Å². The highest BCUT2D eigenvalue weighted by Gasteiger charge is 1.94. The van der Waals surface area contributed by atoms with Gasteiger partial charge in [-0.15, -0.1) is 0 Å². The van der Waals surface area contributed by atoms with Gasteiger partial charge < -0.3 is 9.42 Å². The van der Waals surface area contributed by atoms with Crippen molar-refractivity contribution in [1.82, 2.24) is 0 Å². The van der Waals surface area contributed by atoms with Gasteiger partial charge in [0.1, 0.15) is 0 Å². The quantitative estimate of drug-likeness (QED) is 0.592. The first kappa shape index (κ1) is 8.15. The molecule has 0 bridgehead atoms. The monoisotopic (exact) mass is 138 g/mol. The van der Waals surface area contributed by atoms with Gasteiger partial charge in [-0.3, -0.25) is 4.57 Å². The lowest BCUT2D eigenvalue weighted by Gasteiger charge is -2.00. The van der Waals surface area contributed by atoms with E-state index in [4.69, 9.17) is 4.89 Å². The number of hydrogen-bond donors (Lipinski definition) is 1. The Hall–Kier alpha value is 0.150. The second-order valence-electron chi connectivity index (χ2n) is 1.97. The van der Waals surface area contributed by atoms with Crippen molar-refractivity contribution in [3.8, 4) is 0 Å². The molecule has 0 aromatic carbocycles. The Morgan fingerprint density at radius 3 is 2.38 bits per heavy atom. The molecule has 0 rings (SSSR count). The van der Waals surface area contributed by atoms with Gasteiger partial charge in [-0.25, -0.2) is 0 Å². The largest absolute Gasteiger partial charge is 0.326 e. The summed E-state index contributed by atoms with van der Waals surface area (Å²) < 4.78 is 14.3. The maximum atomic E-state index is 9.87. The minimum atomic E-state index is -2.68. The molecule has 50 valence electrons. The van der Waals surface area contributed by atoms with Crippen LogP contribution in [0.5, 0.6) is 0 Å². The van der Waals surface area contributed by atoms with Crippen molar-refractivity contribution in [1.29, 1.82) is 0 Å². The fraction of sp³-hybridized carbons (Fsp3) is 1.00. The lowest BCUT2D eigenvalue weighted by atomic mass is 10.2. The van der Waals surface area contributed by atoms with Crippen LogP contribution in [0.3, 0.4) is 0 Å². The van der Waals surface area contributed by atoms with Crippen molar-refractivity contribution in [2.45, 2.75) is 13.8 Å². The van der Waals surface area contributed by atoms with Crippen LogP contribution in [0.4, 0.5) is 0 Å². The maximum absolute atomic E-state index is 9.87. The highest BCUT2D eigenvalue weighted by molar-refractivity contribution is 7.32. The van der Waals surface area contributed by atoms with E-state index in [1.807, 2.05) is 13.8 Å². The zero-order chi connectivity index (χ0) is 6.57. The van der Waals surface area contributed by atoms with Crippen molar-refractivity contribution < 1.29 is 14.0 Å². The molecule has 0 fully saturated rings. The van der Waals surface area contributed by atoms with Gasteiger partial charge in [-0.05, 0) is 5.92 Å². The van der Waals surface area contributed by atoms with E-state index in [9.17, 15) is 4.57 Å². The average molecular weight is 138 g/mol. The first-order valence-corrected chi connectivity index (χ1v) is 3.75. The predicted octanol–water partition coefficient (Wildman–Crippen LogP) is 1.04. The summed E-state index contributed by atoms with van der Waals surface area (Å²) in [5.41, 5.74) is 0. The van der Waals surface area contributed by atoms with Crippen LogP contribution in [0, 0.1) is 5.92 Å². The third kappa shape index (κ3) is 6.15. The van der Waals surface area contributed by atoms with Gasteiger partial charge in [0.15, 0.2) is 0 Å². The molecular weight excluding hydrogens is 127 g/mol. The van der Waals surface area contributed by atoms with Gasteiger partial charge in [-0.2, -0.15) is 0 Å². The fourth-order valence-electron chi connectivity index (χ4n) is 0.238. The van der Waals surface area contributed by atoms with E-state index in [-0.39, 0.29) is 0 Å². The van der Waals surface area contributed by atoms with Gasteiger partial charge in [0.25, 0.3) is 0 Å². The van der Waals surface area contributed by atoms with Crippen LogP contribution in [0.25, 0.3) is 0 Å². The summed E-state index contributed by atoms with van der Waals surface area (Å²) in [6.45, 7) is 4.21. The predicted molar refractivity (Wildman–Crippen MR) is 32.0 cm³/mol. The Morgan fingerprint density at radius 1 is 1.75 bits per heavy atom. The topological polar surface area (TPSA) is 46.5 Å². The molecule has 3 nitrogen and oxygen atoms in total. The normalized spacial score (nSPS) is 14.5. The molecule has 0 heterocycles. The zero-order valence-corrected chi connectivity index (χ0v) is 6.05. The molecule has 0 aromatic heterocycles. The van der Waals surface area contributed by atoms with Crippen LogP contribution in [0.1, 0.15) is 13.8 Å². The summed E-state index contributed by atoms with van der Waals surface area (Å²) in [5, 5.41) is 0. The van der Waals surface area contributed by atoms with Crippen molar-refractivity contribution in [3.05, 3.63) is 0 Å². The third-order valence-electron chi connectivity index (χ3n) is 0.540. The third-order valence-corrected chi connectivity index (χ3v) is 0.954. The number of hydrogen-bond acceptors (Lipinski definition) is 2. The molecule has 4 heteroatoms. The summed E-state index contributed by atoms with van der Waals surface area (Å²) in [7, 11) is -2.68. The van der Waals surface area contributed by atoms with Crippen molar-refractivity contribution in [3.63, 3.8) is 0 Å². The van der Waals surface area contributed by atoms with Crippen LogP contribution >= 0.6 is 8.25 Å². The van der Waals surface area contributed by atoms with Gasteiger partial charge in [0.2, 0.25) is 0 Å². The van der Waals surface area contributed by atoms with Gasteiger partial charge in [-0.1, -0.05) is 13.8 Å². The van der Waals surface area contributed by atoms with Crippen LogP contribution in [0.2, 0.25) is 0 Å². The molecular formula is C4H11O3P. The van der Waals surface area contributed by atoms with Crippen LogP contribution in [-0.2, 0) is 9.09 Å². The van der Waals surface area contributed by atoms with Crippen LogP contribution in [-0.4, -0.2) is 11.5 Å². The summed E-state index contributed by atoms with van der Waals surface area (Å²) >= 11 is 0. The average Bonchev–Trinajstić information content (AvgIpc) is 1.61. The Kier molecular flexibility index (Phi) is 4.15. The molecule has 0 saturated carbocycles. The Balaban J connectivity index is 3.05.